The van der Waals surface area contributed by atoms with E-state index in [0.717, 1.165) is 25.9 Å². The van der Waals surface area contributed by atoms with Crippen LogP contribution in [-0.2, 0) is 11.2 Å². The fraction of sp³-hybridized carbons (Fsp3) is 0.600. The molecule has 0 aromatic carbocycles. The fourth-order valence-electron chi connectivity index (χ4n) is 1.81. The summed E-state index contributed by atoms with van der Waals surface area (Å²) in [6.45, 7) is 1.75. The predicted molar refractivity (Wildman–Crippen MR) is 60.1 cm³/mol. The van der Waals surface area contributed by atoms with E-state index in [2.05, 4.69) is 15.2 Å². The molecule has 0 amide bonds. The summed E-state index contributed by atoms with van der Waals surface area (Å²) in [6, 6.07) is 0. The van der Waals surface area contributed by atoms with Gasteiger partial charge in [-0.1, -0.05) is 0 Å². The first-order valence-electron chi connectivity index (χ1n) is 5.59. The van der Waals surface area contributed by atoms with E-state index < -0.39 is 5.97 Å². The van der Waals surface area contributed by atoms with Crippen molar-refractivity contribution in [3.05, 3.63) is 16.0 Å². The highest BCUT2D eigenvalue weighted by atomic mass is 16.4. The molecule has 1 fully saturated rings. The molecule has 2 rings (SSSR count). The summed E-state index contributed by atoms with van der Waals surface area (Å²) < 4.78 is 0. The minimum absolute atomic E-state index is 0.109. The first kappa shape index (κ1) is 11.6. The van der Waals surface area contributed by atoms with Crippen LogP contribution in [0.25, 0.3) is 0 Å². The standard InChI is InChI=1S/C10H14N4O3/c15-8(16)4-3-7-9(17)11-10(13-12-7)14-5-1-2-6-14/h1-6H2,(H,15,16)(H,11,13,17). The maximum absolute atomic E-state index is 11.6. The number of aromatic amines is 1. The zero-order chi connectivity index (χ0) is 12.3. The molecule has 0 bridgehead atoms. The lowest BCUT2D eigenvalue weighted by atomic mass is 10.2. The summed E-state index contributed by atoms with van der Waals surface area (Å²) in [5, 5.41) is 16.2. The van der Waals surface area contributed by atoms with Gasteiger partial charge in [0.15, 0.2) is 0 Å². The normalized spacial score (nSPS) is 15.2. The lowest BCUT2D eigenvalue weighted by molar-refractivity contribution is -0.136. The number of hydrogen-bond acceptors (Lipinski definition) is 5. The molecule has 92 valence electrons. The molecule has 0 radical (unpaired) electrons. The minimum atomic E-state index is -0.949. The zero-order valence-corrected chi connectivity index (χ0v) is 9.35. The molecule has 2 N–H and O–H groups in total. The Balaban J connectivity index is 2.11. The Morgan fingerprint density at radius 2 is 2.06 bits per heavy atom. The molecule has 0 atom stereocenters. The van der Waals surface area contributed by atoms with Crippen LogP contribution >= 0.6 is 0 Å². The summed E-state index contributed by atoms with van der Waals surface area (Å²) in [7, 11) is 0. The number of hydrogen-bond donors (Lipinski definition) is 2. The van der Waals surface area contributed by atoms with Crippen molar-refractivity contribution in [3.8, 4) is 0 Å². The van der Waals surface area contributed by atoms with Gasteiger partial charge >= 0.3 is 5.97 Å². The van der Waals surface area contributed by atoms with Crippen LogP contribution in [0.1, 0.15) is 25.0 Å². The molecule has 0 aliphatic carbocycles. The number of carboxylic acids is 1. The summed E-state index contributed by atoms with van der Waals surface area (Å²) in [5.41, 5.74) is -0.168. The smallest absolute Gasteiger partial charge is 0.303 e. The van der Waals surface area contributed by atoms with Gasteiger partial charge in [0.2, 0.25) is 5.95 Å². The van der Waals surface area contributed by atoms with Gasteiger partial charge < -0.3 is 10.0 Å². The Labute approximate surface area is 97.5 Å². The Morgan fingerprint density at radius 1 is 1.35 bits per heavy atom. The first-order chi connectivity index (χ1) is 8.16. The van der Waals surface area contributed by atoms with Crippen molar-refractivity contribution < 1.29 is 9.90 Å². The molecule has 7 heteroatoms. The van der Waals surface area contributed by atoms with Crippen molar-refractivity contribution in [1.29, 1.82) is 0 Å². The number of aryl methyl sites for hydroxylation is 1. The molecule has 0 saturated carbocycles. The van der Waals surface area contributed by atoms with Crippen LogP contribution in [0.15, 0.2) is 4.79 Å². The average Bonchev–Trinajstić information content (AvgIpc) is 2.80. The largest absolute Gasteiger partial charge is 0.481 e. The summed E-state index contributed by atoms with van der Waals surface area (Å²) in [4.78, 5) is 26.6. The van der Waals surface area contributed by atoms with Crippen LogP contribution in [-0.4, -0.2) is 39.3 Å². The van der Waals surface area contributed by atoms with Crippen molar-refractivity contribution in [2.75, 3.05) is 18.0 Å². The van der Waals surface area contributed by atoms with Crippen LogP contribution in [0.3, 0.4) is 0 Å². The van der Waals surface area contributed by atoms with Gasteiger partial charge in [-0.2, -0.15) is 0 Å². The molecule has 1 aliphatic heterocycles. The van der Waals surface area contributed by atoms with Gasteiger partial charge in [0, 0.05) is 19.5 Å². The third-order valence-corrected chi connectivity index (χ3v) is 2.73. The number of anilines is 1. The molecule has 7 nitrogen and oxygen atoms in total. The van der Waals surface area contributed by atoms with E-state index in [0.29, 0.717) is 5.95 Å². The molecule has 17 heavy (non-hydrogen) atoms. The van der Waals surface area contributed by atoms with Gasteiger partial charge in [-0.15, -0.1) is 10.2 Å². The third-order valence-electron chi connectivity index (χ3n) is 2.73. The molecule has 1 aliphatic rings. The topological polar surface area (TPSA) is 99.2 Å². The van der Waals surface area contributed by atoms with Crippen LogP contribution < -0.4 is 10.5 Å². The quantitative estimate of drug-likeness (QED) is 0.752. The van der Waals surface area contributed by atoms with Crippen molar-refractivity contribution in [3.63, 3.8) is 0 Å². The first-order valence-corrected chi connectivity index (χ1v) is 5.59. The number of aliphatic carboxylic acids is 1. The Morgan fingerprint density at radius 3 is 2.65 bits per heavy atom. The Kier molecular flexibility index (Phi) is 3.36. The van der Waals surface area contributed by atoms with Crippen LogP contribution in [0.4, 0.5) is 5.95 Å². The number of carboxylic acid groups (broad SMARTS) is 1. The van der Waals surface area contributed by atoms with Crippen LogP contribution in [0.5, 0.6) is 0 Å². The van der Waals surface area contributed by atoms with E-state index in [1.165, 1.54) is 0 Å². The highest BCUT2D eigenvalue weighted by molar-refractivity contribution is 5.66. The van der Waals surface area contributed by atoms with Gasteiger partial charge in [0.05, 0.1) is 6.42 Å². The van der Waals surface area contributed by atoms with Crippen molar-refractivity contribution >= 4 is 11.9 Å². The summed E-state index contributed by atoms with van der Waals surface area (Å²) in [6.07, 6.45) is 2.17. The lowest BCUT2D eigenvalue weighted by Crippen LogP contribution is -2.26. The second-order valence-electron chi connectivity index (χ2n) is 4.01. The van der Waals surface area contributed by atoms with Gasteiger partial charge in [-0.25, -0.2) is 0 Å². The number of nitrogens with zero attached hydrogens (tertiary/aromatic N) is 3. The molecule has 0 spiro atoms. The van der Waals surface area contributed by atoms with E-state index in [1.54, 1.807) is 0 Å². The lowest BCUT2D eigenvalue weighted by Gasteiger charge is -2.14. The highest BCUT2D eigenvalue weighted by Crippen LogP contribution is 2.12. The van der Waals surface area contributed by atoms with Gasteiger partial charge in [0.1, 0.15) is 5.69 Å². The van der Waals surface area contributed by atoms with Gasteiger partial charge in [-0.3, -0.25) is 14.6 Å². The van der Waals surface area contributed by atoms with Crippen LogP contribution in [0, 0.1) is 0 Å². The number of H-pyrrole nitrogens is 1. The molecule has 2 heterocycles. The molecule has 1 saturated heterocycles. The monoisotopic (exact) mass is 238 g/mol. The number of rotatable bonds is 4. The third kappa shape index (κ3) is 2.80. The van der Waals surface area contributed by atoms with Gasteiger partial charge in [0.25, 0.3) is 5.56 Å². The molecular formula is C10H14N4O3. The van der Waals surface area contributed by atoms with E-state index in [1.807, 2.05) is 4.90 Å². The second-order valence-corrected chi connectivity index (χ2v) is 4.01. The van der Waals surface area contributed by atoms with Crippen LogP contribution in [0.2, 0.25) is 0 Å². The maximum atomic E-state index is 11.6. The number of carbonyl (C=O) groups is 1. The van der Waals surface area contributed by atoms with E-state index in [4.69, 9.17) is 5.11 Å². The molecule has 1 aromatic heterocycles. The molecule has 1 aromatic rings. The van der Waals surface area contributed by atoms with E-state index in [9.17, 15) is 9.59 Å². The predicted octanol–water partition coefficient (Wildman–Crippen LogP) is -0.218. The number of nitrogens with one attached hydrogen (secondary N) is 1. The Hall–Kier alpha value is -1.92. The maximum Gasteiger partial charge on any atom is 0.303 e. The van der Waals surface area contributed by atoms with E-state index in [-0.39, 0.29) is 24.1 Å². The van der Waals surface area contributed by atoms with E-state index >= 15 is 0 Å². The van der Waals surface area contributed by atoms with Crippen molar-refractivity contribution in [2.24, 2.45) is 0 Å². The molecular weight excluding hydrogens is 224 g/mol. The number of aromatic nitrogens is 3. The fourth-order valence-corrected chi connectivity index (χ4v) is 1.81. The molecule has 0 unspecified atom stereocenters. The average molecular weight is 238 g/mol. The van der Waals surface area contributed by atoms with Crippen molar-refractivity contribution in [1.82, 2.24) is 15.2 Å². The van der Waals surface area contributed by atoms with Crippen molar-refractivity contribution in [2.45, 2.75) is 25.7 Å². The summed E-state index contributed by atoms with van der Waals surface area (Å²) >= 11 is 0. The van der Waals surface area contributed by atoms with Gasteiger partial charge in [-0.05, 0) is 12.8 Å². The zero-order valence-electron chi connectivity index (χ0n) is 9.35. The summed E-state index contributed by atoms with van der Waals surface area (Å²) in [5.74, 6) is -0.471. The second kappa shape index (κ2) is 4.94. The Bertz CT molecular complexity index is 465. The minimum Gasteiger partial charge on any atom is -0.481 e. The SMILES string of the molecule is O=C(O)CCc1nnc(N2CCCC2)[nH]c1=O. The highest BCUT2D eigenvalue weighted by Gasteiger charge is 2.16.